The Bertz CT molecular complexity index is 411. The minimum absolute atomic E-state index is 0.0142. The second-order valence-electron chi connectivity index (χ2n) is 3.88. The summed E-state index contributed by atoms with van der Waals surface area (Å²) < 4.78 is 14.1. The SMILES string of the molecule is CC(C)N(CCCl)C(=O)c1cccc(Br)c1F. The number of alkyl halides is 1. The molecule has 0 unspecified atom stereocenters. The molecule has 0 saturated carbocycles. The fraction of sp³-hybridized carbons (Fsp3) is 0.417. The Labute approximate surface area is 114 Å². The van der Waals surface area contributed by atoms with Crippen LogP contribution in [-0.2, 0) is 0 Å². The molecule has 2 nitrogen and oxygen atoms in total. The predicted molar refractivity (Wildman–Crippen MR) is 71.0 cm³/mol. The van der Waals surface area contributed by atoms with Gasteiger partial charge in [0, 0.05) is 18.5 Å². The van der Waals surface area contributed by atoms with Crippen molar-refractivity contribution in [2.75, 3.05) is 12.4 Å². The highest BCUT2D eigenvalue weighted by Crippen LogP contribution is 2.20. The van der Waals surface area contributed by atoms with Gasteiger partial charge in [-0.05, 0) is 41.9 Å². The molecule has 94 valence electrons. The molecule has 0 bridgehead atoms. The van der Waals surface area contributed by atoms with E-state index in [0.717, 1.165) is 0 Å². The maximum absolute atomic E-state index is 13.8. The van der Waals surface area contributed by atoms with E-state index in [2.05, 4.69) is 15.9 Å². The van der Waals surface area contributed by atoms with Crippen molar-refractivity contribution in [2.24, 2.45) is 0 Å². The molecule has 5 heteroatoms. The summed E-state index contributed by atoms with van der Waals surface area (Å²) >= 11 is 8.71. The zero-order valence-corrected chi connectivity index (χ0v) is 12.1. The van der Waals surface area contributed by atoms with Gasteiger partial charge in [-0.3, -0.25) is 4.79 Å². The molecule has 1 aromatic rings. The van der Waals surface area contributed by atoms with Crippen LogP contribution in [0, 0.1) is 5.82 Å². The van der Waals surface area contributed by atoms with Crippen LogP contribution in [0.5, 0.6) is 0 Å². The van der Waals surface area contributed by atoms with E-state index in [4.69, 9.17) is 11.6 Å². The summed E-state index contributed by atoms with van der Waals surface area (Å²) in [7, 11) is 0. The van der Waals surface area contributed by atoms with Crippen LogP contribution in [0.25, 0.3) is 0 Å². The topological polar surface area (TPSA) is 20.3 Å². The number of hydrogen-bond donors (Lipinski definition) is 0. The third-order valence-electron chi connectivity index (χ3n) is 2.39. The molecule has 0 fully saturated rings. The normalized spacial score (nSPS) is 10.7. The highest BCUT2D eigenvalue weighted by Gasteiger charge is 2.21. The molecule has 17 heavy (non-hydrogen) atoms. The van der Waals surface area contributed by atoms with Gasteiger partial charge in [-0.25, -0.2) is 4.39 Å². The predicted octanol–water partition coefficient (Wildman–Crippen LogP) is 3.68. The van der Waals surface area contributed by atoms with Crippen molar-refractivity contribution in [2.45, 2.75) is 19.9 Å². The monoisotopic (exact) mass is 321 g/mol. The molecular weight excluding hydrogens is 308 g/mol. The standard InChI is InChI=1S/C12H14BrClFNO/c1-8(2)16(7-6-14)12(17)9-4-3-5-10(13)11(9)15/h3-5,8H,6-7H2,1-2H3. The fourth-order valence-corrected chi connectivity index (χ4v) is 2.06. The number of rotatable bonds is 4. The smallest absolute Gasteiger partial charge is 0.257 e. The van der Waals surface area contributed by atoms with Crippen molar-refractivity contribution >= 4 is 33.4 Å². The number of carbonyl (C=O) groups excluding carboxylic acids is 1. The van der Waals surface area contributed by atoms with E-state index in [1.54, 1.807) is 17.0 Å². The van der Waals surface area contributed by atoms with Gasteiger partial charge in [0.25, 0.3) is 5.91 Å². The lowest BCUT2D eigenvalue weighted by atomic mass is 10.1. The maximum atomic E-state index is 13.8. The van der Waals surface area contributed by atoms with E-state index in [9.17, 15) is 9.18 Å². The Kier molecular flexibility index (Phi) is 5.40. The van der Waals surface area contributed by atoms with E-state index in [-0.39, 0.29) is 22.0 Å². The lowest BCUT2D eigenvalue weighted by Gasteiger charge is -2.26. The Balaban J connectivity index is 3.05. The van der Waals surface area contributed by atoms with Gasteiger partial charge in [-0.2, -0.15) is 0 Å². The van der Waals surface area contributed by atoms with Gasteiger partial charge in [0.2, 0.25) is 0 Å². The first-order chi connectivity index (χ1) is 7.99. The molecule has 0 aliphatic heterocycles. The second kappa shape index (κ2) is 6.36. The fourth-order valence-electron chi connectivity index (χ4n) is 1.51. The lowest BCUT2D eigenvalue weighted by molar-refractivity contribution is 0.0713. The minimum atomic E-state index is -0.530. The van der Waals surface area contributed by atoms with Gasteiger partial charge in [-0.1, -0.05) is 6.07 Å². The Morgan fingerprint density at radius 2 is 2.18 bits per heavy atom. The van der Waals surface area contributed by atoms with Crippen molar-refractivity contribution in [1.82, 2.24) is 4.90 Å². The molecule has 0 aliphatic carbocycles. The molecule has 0 N–H and O–H groups in total. The maximum Gasteiger partial charge on any atom is 0.257 e. The first-order valence-electron chi connectivity index (χ1n) is 5.30. The van der Waals surface area contributed by atoms with Crippen LogP contribution in [0.1, 0.15) is 24.2 Å². The second-order valence-corrected chi connectivity index (χ2v) is 5.11. The molecule has 1 rings (SSSR count). The highest BCUT2D eigenvalue weighted by molar-refractivity contribution is 9.10. The summed E-state index contributed by atoms with van der Waals surface area (Å²) in [5.41, 5.74) is 0.0678. The average Bonchev–Trinajstić information content (AvgIpc) is 2.28. The van der Waals surface area contributed by atoms with Crippen molar-refractivity contribution < 1.29 is 9.18 Å². The third-order valence-corrected chi connectivity index (χ3v) is 3.17. The zero-order chi connectivity index (χ0) is 13.0. The average molecular weight is 323 g/mol. The minimum Gasteiger partial charge on any atom is -0.335 e. The molecule has 0 atom stereocenters. The molecular formula is C12H14BrClFNO. The van der Waals surface area contributed by atoms with Crippen LogP contribution in [0.4, 0.5) is 4.39 Å². The van der Waals surface area contributed by atoms with Crippen LogP contribution < -0.4 is 0 Å². The van der Waals surface area contributed by atoms with Crippen LogP contribution in [0.2, 0.25) is 0 Å². The Morgan fingerprint density at radius 3 is 2.71 bits per heavy atom. The van der Waals surface area contributed by atoms with E-state index < -0.39 is 5.82 Å². The first-order valence-corrected chi connectivity index (χ1v) is 6.62. The summed E-state index contributed by atoms with van der Waals surface area (Å²) in [5, 5.41) is 0. The summed E-state index contributed by atoms with van der Waals surface area (Å²) in [6, 6.07) is 4.67. The number of hydrogen-bond acceptors (Lipinski definition) is 1. The molecule has 0 radical (unpaired) electrons. The van der Waals surface area contributed by atoms with Crippen LogP contribution in [0.3, 0.4) is 0 Å². The van der Waals surface area contributed by atoms with Crippen molar-refractivity contribution in [3.8, 4) is 0 Å². The molecule has 0 spiro atoms. The van der Waals surface area contributed by atoms with Crippen molar-refractivity contribution in [3.63, 3.8) is 0 Å². The molecule has 0 aliphatic rings. The van der Waals surface area contributed by atoms with Crippen molar-refractivity contribution in [3.05, 3.63) is 34.1 Å². The van der Waals surface area contributed by atoms with Gasteiger partial charge in [0.05, 0.1) is 10.0 Å². The molecule has 0 heterocycles. The van der Waals surface area contributed by atoms with Gasteiger partial charge < -0.3 is 4.90 Å². The largest absolute Gasteiger partial charge is 0.335 e. The quantitative estimate of drug-likeness (QED) is 0.774. The zero-order valence-electron chi connectivity index (χ0n) is 9.71. The van der Waals surface area contributed by atoms with E-state index in [0.29, 0.717) is 12.4 Å². The van der Waals surface area contributed by atoms with Gasteiger partial charge in [-0.15, -0.1) is 11.6 Å². The van der Waals surface area contributed by atoms with Gasteiger partial charge in [0.15, 0.2) is 0 Å². The molecule has 1 aromatic carbocycles. The number of nitrogens with zero attached hydrogens (tertiary/aromatic N) is 1. The summed E-state index contributed by atoms with van der Waals surface area (Å²) in [6.45, 7) is 4.16. The van der Waals surface area contributed by atoms with Crippen molar-refractivity contribution in [1.29, 1.82) is 0 Å². The Morgan fingerprint density at radius 1 is 1.53 bits per heavy atom. The number of carbonyl (C=O) groups is 1. The number of amides is 1. The van der Waals surface area contributed by atoms with Crippen LogP contribution in [0.15, 0.2) is 22.7 Å². The number of benzene rings is 1. The van der Waals surface area contributed by atoms with Crippen LogP contribution >= 0.6 is 27.5 Å². The summed E-state index contributed by atoms with van der Waals surface area (Å²) in [6.07, 6.45) is 0. The van der Waals surface area contributed by atoms with Crippen LogP contribution in [-0.4, -0.2) is 29.3 Å². The molecule has 0 saturated heterocycles. The highest BCUT2D eigenvalue weighted by atomic mass is 79.9. The molecule has 1 amide bonds. The lowest BCUT2D eigenvalue weighted by Crippen LogP contribution is -2.38. The van der Waals surface area contributed by atoms with Gasteiger partial charge >= 0.3 is 0 Å². The molecule has 0 aromatic heterocycles. The van der Waals surface area contributed by atoms with E-state index in [1.165, 1.54) is 6.07 Å². The van der Waals surface area contributed by atoms with Gasteiger partial charge in [0.1, 0.15) is 5.82 Å². The Hall–Kier alpha value is -0.610. The van der Waals surface area contributed by atoms with E-state index >= 15 is 0 Å². The summed E-state index contributed by atoms with van der Waals surface area (Å²) in [5.74, 6) is -0.531. The third kappa shape index (κ3) is 3.42. The summed E-state index contributed by atoms with van der Waals surface area (Å²) in [4.78, 5) is 13.7. The first kappa shape index (κ1) is 14.5. The number of halogens is 3. The van der Waals surface area contributed by atoms with E-state index in [1.807, 2.05) is 13.8 Å².